The van der Waals surface area contributed by atoms with Crippen LogP contribution in [0.3, 0.4) is 0 Å². The molecule has 0 N–H and O–H groups in total. The molecule has 5 heteroatoms. The second-order valence-corrected chi connectivity index (χ2v) is 6.90. The van der Waals surface area contributed by atoms with Gasteiger partial charge in [0.05, 0.1) is 36.3 Å². The molecule has 0 unspecified atom stereocenters. The summed E-state index contributed by atoms with van der Waals surface area (Å²) in [5.74, 6) is 0.171. The van der Waals surface area contributed by atoms with Gasteiger partial charge in [-0.05, 0) is 43.2 Å². The molecule has 0 saturated carbocycles. The van der Waals surface area contributed by atoms with Gasteiger partial charge in [-0.15, -0.1) is 17.9 Å². The molecule has 0 aromatic carbocycles. The molecular weight excluding hydrogens is 298 g/mol. The monoisotopic (exact) mass is 321 g/mol. The van der Waals surface area contributed by atoms with E-state index >= 15 is 0 Å². The lowest BCUT2D eigenvalue weighted by atomic mass is 9.99. The van der Waals surface area contributed by atoms with Gasteiger partial charge in [0.1, 0.15) is 0 Å². The topological polar surface area (TPSA) is 38.8 Å². The molecule has 2 saturated heterocycles. The molecule has 1 amide bonds. The Morgan fingerprint density at radius 1 is 1.55 bits per heavy atom. The summed E-state index contributed by atoms with van der Waals surface area (Å²) in [6.07, 6.45) is 4.95. The van der Waals surface area contributed by atoms with E-state index in [2.05, 4.69) is 6.58 Å². The van der Waals surface area contributed by atoms with Crippen molar-refractivity contribution >= 4 is 17.2 Å². The maximum atomic E-state index is 12.7. The maximum absolute atomic E-state index is 12.7. The van der Waals surface area contributed by atoms with Gasteiger partial charge in [-0.3, -0.25) is 4.79 Å². The van der Waals surface area contributed by atoms with Crippen molar-refractivity contribution in [1.29, 1.82) is 0 Å². The van der Waals surface area contributed by atoms with Crippen molar-refractivity contribution < 1.29 is 14.3 Å². The summed E-state index contributed by atoms with van der Waals surface area (Å²) < 4.78 is 11.6. The number of likely N-dealkylation sites (tertiary alicyclic amines) is 1. The molecular formula is C17H23NO3S. The summed E-state index contributed by atoms with van der Waals surface area (Å²) in [7, 11) is 0. The van der Waals surface area contributed by atoms with Crippen molar-refractivity contribution in [2.75, 3.05) is 19.8 Å². The molecule has 4 nitrogen and oxygen atoms in total. The molecule has 2 fully saturated rings. The van der Waals surface area contributed by atoms with Crippen LogP contribution in [0.4, 0.5) is 0 Å². The van der Waals surface area contributed by atoms with Crippen LogP contribution in [0.25, 0.3) is 0 Å². The first kappa shape index (κ1) is 15.7. The number of hydrogen-bond acceptors (Lipinski definition) is 4. The normalized spacial score (nSPS) is 27.7. The molecule has 1 aromatic heterocycles. The Bertz CT molecular complexity index is 542. The Balaban J connectivity index is 1.60. The standard InChI is InChI=1S/C17H23NO3S/c1-3-9-20-11-13-4-5-14-15(21-13)6-8-18(14)17(19)16-12(2)7-10-22-16/h3,7,10,13-15H,1,4-6,8-9,11H2,2H3/t13-,14+,15+/m1/s1. The highest BCUT2D eigenvalue weighted by Crippen LogP contribution is 2.33. The summed E-state index contributed by atoms with van der Waals surface area (Å²) in [6, 6.07) is 2.24. The number of amides is 1. The minimum Gasteiger partial charge on any atom is -0.375 e. The van der Waals surface area contributed by atoms with E-state index in [1.165, 1.54) is 11.3 Å². The fraction of sp³-hybridized carbons (Fsp3) is 0.588. The zero-order chi connectivity index (χ0) is 15.5. The van der Waals surface area contributed by atoms with E-state index in [0.29, 0.717) is 13.2 Å². The zero-order valence-corrected chi connectivity index (χ0v) is 13.8. The molecule has 22 heavy (non-hydrogen) atoms. The van der Waals surface area contributed by atoms with Crippen molar-refractivity contribution in [3.8, 4) is 0 Å². The third-order valence-corrected chi connectivity index (χ3v) is 5.50. The van der Waals surface area contributed by atoms with E-state index in [-0.39, 0.29) is 24.2 Å². The average Bonchev–Trinajstić information content (AvgIpc) is 3.12. The number of carbonyl (C=O) groups excluding carboxylic acids is 1. The van der Waals surface area contributed by atoms with Gasteiger partial charge in [0.2, 0.25) is 0 Å². The van der Waals surface area contributed by atoms with Crippen LogP contribution in [0.15, 0.2) is 24.1 Å². The SMILES string of the molecule is C=CCOC[C@H]1CC[C@H]2[C@H](CCN2C(=O)c2sccc2C)O1. The highest BCUT2D eigenvalue weighted by atomic mass is 32.1. The first-order valence-corrected chi connectivity index (χ1v) is 8.78. The lowest BCUT2D eigenvalue weighted by molar-refractivity contribution is -0.0936. The van der Waals surface area contributed by atoms with Crippen molar-refractivity contribution in [2.24, 2.45) is 0 Å². The van der Waals surface area contributed by atoms with Gasteiger partial charge in [-0.2, -0.15) is 0 Å². The molecule has 3 atom stereocenters. The summed E-state index contributed by atoms with van der Waals surface area (Å²) in [4.78, 5) is 15.6. The van der Waals surface area contributed by atoms with Gasteiger partial charge in [-0.1, -0.05) is 6.08 Å². The predicted octanol–water partition coefficient (Wildman–Crippen LogP) is 3.02. The third-order valence-electron chi connectivity index (χ3n) is 4.49. The highest BCUT2D eigenvalue weighted by Gasteiger charge is 2.42. The van der Waals surface area contributed by atoms with Crippen molar-refractivity contribution in [2.45, 2.75) is 44.4 Å². The average molecular weight is 321 g/mol. The number of ether oxygens (including phenoxy) is 2. The van der Waals surface area contributed by atoms with Gasteiger partial charge >= 0.3 is 0 Å². The molecule has 3 heterocycles. The Morgan fingerprint density at radius 2 is 2.41 bits per heavy atom. The van der Waals surface area contributed by atoms with Gasteiger partial charge in [0.15, 0.2) is 0 Å². The van der Waals surface area contributed by atoms with Crippen LogP contribution < -0.4 is 0 Å². The van der Waals surface area contributed by atoms with E-state index in [9.17, 15) is 4.79 Å². The van der Waals surface area contributed by atoms with E-state index in [1.807, 2.05) is 23.3 Å². The van der Waals surface area contributed by atoms with Crippen LogP contribution in [0.1, 0.15) is 34.5 Å². The highest BCUT2D eigenvalue weighted by molar-refractivity contribution is 7.12. The first-order chi connectivity index (χ1) is 10.7. The number of fused-ring (bicyclic) bond motifs is 1. The van der Waals surface area contributed by atoms with Crippen LogP contribution in [0, 0.1) is 6.92 Å². The molecule has 2 aliphatic heterocycles. The summed E-state index contributed by atoms with van der Waals surface area (Å²) in [5.41, 5.74) is 1.07. The summed E-state index contributed by atoms with van der Waals surface area (Å²) in [6.45, 7) is 7.63. The predicted molar refractivity (Wildman–Crippen MR) is 87.4 cm³/mol. The van der Waals surface area contributed by atoms with Crippen LogP contribution in [-0.4, -0.2) is 48.8 Å². The van der Waals surface area contributed by atoms with Gasteiger partial charge < -0.3 is 14.4 Å². The lowest BCUT2D eigenvalue weighted by Gasteiger charge is -2.35. The van der Waals surface area contributed by atoms with Crippen molar-refractivity contribution in [3.05, 3.63) is 34.5 Å². The molecule has 2 aliphatic rings. The first-order valence-electron chi connectivity index (χ1n) is 7.90. The van der Waals surface area contributed by atoms with Crippen LogP contribution in [0.2, 0.25) is 0 Å². The Morgan fingerprint density at radius 3 is 3.14 bits per heavy atom. The largest absolute Gasteiger partial charge is 0.375 e. The number of nitrogens with zero attached hydrogens (tertiary/aromatic N) is 1. The fourth-order valence-electron chi connectivity index (χ4n) is 3.38. The molecule has 3 rings (SSSR count). The molecule has 0 aliphatic carbocycles. The summed E-state index contributed by atoms with van der Waals surface area (Å²) in [5, 5.41) is 1.99. The molecule has 0 bridgehead atoms. The number of thiophene rings is 1. The van der Waals surface area contributed by atoms with E-state index in [0.717, 1.165) is 36.2 Å². The quantitative estimate of drug-likeness (QED) is 0.618. The second kappa shape index (κ2) is 6.94. The molecule has 120 valence electrons. The molecule has 0 radical (unpaired) electrons. The number of carbonyl (C=O) groups is 1. The fourth-order valence-corrected chi connectivity index (χ4v) is 4.26. The zero-order valence-electron chi connectivity index (χ0n) is 13.0. The van der Waals surface area contributed by atoms with E-state index < -0.39 is 0 Å². The van der Waals surface area contributed by atoms with Gasteiger partial charge in [0, 0.05) is 6.54 Å². The second-order valence-electron chi connectivity index (χ2n) is 5.99. The Kier molecular flexibility index (Phi) is 4.96. The van der Waals surface area contributed by atoms with Crippen molar-refractivity contribution in [1.82, 2.24) is 4.90 Å². The smallest absolute Gasteiger partial charge is 0.264 e. The number of hydrogen-bond donors (Lipinski definition) is 0. The van der Waals surface area contributed by atoms with Crippen LogP contribution in [-0.2, 0) is 9.47 Å². The van der Waals surface area contributed by atoms with E-state index in [1.54, 1.807) is 6.08 Å². The van der Waals surface area contributed by atoms with Gasteiger partial charge in [0.25, 0.3) is 5.91 Å². The molecule has 0 spiro atoms. The minimum absolute atomic E-state index is 0.153. The van der Waals surface area contributed by atoms with Crippen LogP contribution >= 0.6 is 11.3 Å². The molecule has 1 aromatic rings. The van der Waals surface area contributed by atoms with Gasteiger partial charge in [-0.25, -0.2) is 0 Å². The number of aryl methyl sites for hydroxylation is 1. The maximum Gasteiger partial charge on any atom is 0.264 e. The Hall–Kier alpha value is -1.17. The Labute approximate surface area is 135 Å². The van der Waals surface area contributed by atoms with E-state index in [4.69, 9.17) is 9.47 Å². The number of rotatable bonds is 5. The lowest BCUT2D eigenvalue weighted by Crippen LogP contribution is -2.45. The minimum atomic E-state index is 0.153. The van der Waals surface area contributed by atoms with Crippen LogP contribution in [0.5, 0.6) is 0 Å². The third kappa shape index (κ3) is 3.12. The van der Waals surface area contributed by atoms with Crippen molar-refractivity contribution in [3.63, 3.8) is 0 Å². The summed E-state index contributed by atoms with van der Waals surface area (Å²) >= 11 is 1.54.